The van der Waals surface area contributed by atoms with Gasteiger partial charge in [-0.1, -0.05) is 0 Å². The zero-order valence-electron chi connectivity index (χ0n) is 14.1. The van der Waals surface area contributed by atoms with Gasteiger partial charge in [-0.3, -0.25) is 9.69 Å². The lowest BCUT2D eigenvalue weighted by Gasteiger charge is -2.35. The molecule has 0 spiro atoms. The molecular weight excluding hydrogens is 327 g/mol. The molecule has 1 aromatic carbocycles. The quantitative estimate of drug-likeness (QED) is 0.711. The van der Waals surface area contributed by atoms with Crippen LogP contribution in [-0.2, 0) is 22.6 Å². The van der Waals surface area contributed by atoms with Gasteiger partial charge in [-0.05, 0) is 41.6 Å². The number of ether oxygens (including phenoxy) is 1. The Hall–Kier alpha value is -2.55. The zero-order chi connectivity index (χ0) is 17.6. The van der Waals surface area contributed by atoms with E-state index in [2.05, 4.69) is 25.3 Å². The zero-order valence-corrected chi connectivity index (χ0v) is 14.1. The van der Waals surface area contributed by atoms with Crippen molar-refractivity contribution >= 4 is 11.7 Å². The fraction of sp³-hybridized carbons (Fsp3) is 0.500. The molecule has 1 aliphatic rings. The van der Waals surface area contributed by atoms with Crippen LogP contribution in [0.1, 0.15) is 12.7 Å². The Kier molecular flexibility index (Phi) is 5.54. The normalized spacial score (nSPS) is 15.4. The summed E-state index contributed by atoms with van der Waals surface area (Å²) in [5, 5.41) is 11.5. The van der Waals surface area contributed by atoms with E-state index in [1.54, 1.807) is 19.1 Å². The number of hydrogen-bond donors (Lipinski definition) is 0. The lowest BCUT2D eigenvalue weighted by atomic mass is 10.2. The van der Waals surface area contributed by atoms with Crippen LogP contribution in [-0.4, -0.2) is 63.9 Å². The summed E-state index contributed by atoms with van der Waals surface area (Å²) in [6.07, 6.45) is 0. The summed E-state index contributed by atoms with van der Waals surface area (Å²) in [6.45, 7) is 6.04. The SMILES string of the molecule is CCOC(=O)Cn1nnnc1CN1CCN(c2ccc(F)cc2)CC1. The Balaban J connectivity index is 1.53. The van der Waals surface area contributed by atoms with Crippen molar-refractivity contribution in [2.45, 2.75) is 20.0 Å². The smallest absolute Gasteiger partial charge is 0.327 e. The summed E-state index contributed by atoms with van der Waals surface area (Å²) in [5.41, 5.74) is 1.02. The fourth-order valence-electron chi connectivity index (χ4n) is 2.80. The van der Waals surface area contributed by atoms with Gasteiger partial charge in [0.15, 0.2) is 5.82 Å². The molecule has 134 valence electrons. The molecule has 0 atom stereocenters. The predicted molar refractivity (Wildman–Crippen MR) is 88.3 cm³/mol. The van der Waals surface area contributed by atoms with Gasteiger partial charge in [0.1, 0.15) is 12.4 Å². The van der Waals surface area contributed by atoms with E-state index in [1.807, 2.05) is 0 Å². The van der Waals surface area contributed by atoms with Crippen LogP contribution in [0.5, 0.6) is 0 Å². The maximum Gasteiger partial charge on any atom is 0.327 e. The molecular formula is C16H21FN6O2. The molecule has 0 aliphatic carbocycles. The first kappa shape index (κ1) is 17.3. The van der Waals surface area contributed by atoms with Gasteiger partial charge in [-0.15, -0.1) is 5.10 Å². The third-order valence-electron chi connectivity index (χ3n) is 4.12. The van der Waals surface area contributed by atoms with Gasteiger partial charge in [-0.2, -0.15) is 0 Å². The van der Waals surface area contributed by atoms with Crippen LogP contribution in [0.15, 0.2) is 24.3 Å². The number of piperazine rings is 1. The van der Waals surface area contributed by atoms with Gasteiger partial charge in [0.05, 0.1) is 13.2 Å². The van der Waals surface area contributed by atoms with E-state index in [4.69, 9.17) is 4.74 Å². The first-order chi connectivity index (χ1) is 12.2. The lowest BCUT2D eigenvalue weighted by Crippen LogP contribution is -2.46. The van der Waals surface area contributed by atoms with Crippen LogP contribution in [0.4, 0.5) is 10.1 Å². The van der Waals surface area contributed by atoms with Crippen molar-refractivity contribution in [1.82, 2.24) is 25.1 Å². The molecule has 0 unspecified atom stereocenters. The van der Waals surface area contributed by atoms with Gasteiger partial charge >= 0.3 is 5.97 Å². The van der Waals surface area contributed by atoms with Crippen LogP contribution in [0.25, 0.3) is 0 Å². The number of nitrogens with zero attached hydrogens (tertiary/aromatic N) is 6. The van der Waals surface area contributed by atoms with Gasteiger partial charge in [0, 0.05) is 31.9 Å². The first-order valence-electron chi connectivity index (χ1n) is 8.29. The van der Waals surface area contributed by atoms with Crippen LogP contribution in [0.2, 0.25) is 0 Å². The molecule has 9 heteroatoms. The molecule has 0 N–H and O–H groups in total. The number of anilines is 1. The standard InChI is InChI=1S/C16H21FN6O2/c1-2-25-16(24)12-23-15(18-19-20-23)11-21-7-9-22(10-8-21)14-5-3-13(17)4-6-14/h3-6H,2,7-12H2,1H3. The van der Waals surface area contributed by atoms with E-state index >= 15 is 0 Å². The van der Waals surface area contributed by atoms with Gasteiger partial charge in [0.25, 0.3) is 0 Å². The van der Waals surface area contributed by atoms with Crippen molar-refractivity contribution in [2.75, 3.05) is 37.7 Å². The van der Waals surface area contributed by atoms with Crippen LogP contribution < -0.4 is 4.90 Å². The maximum atomic E-state index is 13.0. The minimum atomic E-state index is -0.350. The minimum absolute atomic E-state index is 0.0196. The second kappa shape index (κ2) is 8.02. The van der Waals surface area contributed by atoms with Crippen molar-refractivity contribution in [2.24, 2.45) is 0 Å². The summed E-state index contributed by atoms with van der Waals surface area (Å²) in [4.78, 5) is 16.0. The number of benzene rings is 1. The molecule has 1 aliphatic heterocycles. The summed E-state index contributed by atoms with van der Waals surface area (Å²) in [5.74, 6) is 0.0660. The Morgan fingerprint density at radius 3 is 2.60 bits per heavy atom. The number of halogens is 1. The fourth-order valence-corrected chi connectivity index (χ4v) is 2.80. The summed E-state index contributed by atoms with van der Waals surface area (Å²) < 4.78 is 19.4. The molecule has 3 rings (SSSR count). The minimum Gasteiger partial charge on any atom is -0.465 e. The molecule has 0 saturated carbocycles. The summed E-state index contributed by atoms with van der Waals surface area (Å²) >= 11 is 0. The Bertz CT molecular complexity index is 697. The molecule has 1 saturated heterocycles. The van der Waals surface area contributed by atoms with Crippen molar-refractivity contribution in [3.05, 3.63) is 35.9 Å². The molecule has 0 amide bonds. The number of hydrogen-bond acceptors (Lipinski definition) is 7. The van der Waals surface area contributed by atoms with Crippen LogP contribution >= 0.6 is 0 Å². The highest BCUT2D eigenvalue weighted by Gasteiger charge is 2.20. The molecule has 1 fully saturated rings. The average molecular weight is 348 g/mol. The topological polar surface area (TPSA) is 76.4 Å². The highest BCUT2D eigenvalue weighted by molar-refractivity contribution is 5.69. The predicted octanol–water partition coefficient (Wildman–Crippen LogP) is 0.697. The van der Waals surface area contributed by atoms with E-state index < -0.39 is 0 Å². The number of esters is 1. The third kappa shape index (κ3) is 4.50. The van der Waals surface area contributed by atoms with Crippen molar-refractivity contribution in [1.29, 1.82) is 0 Å². The second-order valence-electron chi connectivity index (χ2n) is 5.80. The largest absolute Gasteiger partial charge is 0.465 e. The summed E-state index contributed by atoms with van der Waals surface area (Å²) in [7, 11) is 0. The van der Waals surface area contributed by atoms with Crippen molar-refractivity contribution in [3.63, 3.8) is 0 Å². The average Bonchev–Trinajstić information content (AvgIpc) is 3.03. The van der Waals surface area contributed by atoms with Crippen molar-refractivity contribution < 1.29 is 13.9 Å². The summed E-state index contributed by atoms with van der Waals surface area (Å²) in [6, 6.07) is 6.55. The highest BCUT2D eigenvalue weighted by atomic mass is 19.1. The van der Waals surface area contributed by atoms with Crippen molar-refractivity contribution in [3.8, 4) is 0 Å². The van der Waals surface area contributed by atoms with Crippen LogP contribution in [0, 0.1) is 5.82 Å². The number of tetrazole rings is 1. The second-order valence-corrected chi connectivity index (χ2v) is 5.80. The van der Waals surface area contributed by atoms with Gasteiger partial charge < -0.3 is 9.64 Å². The van der Waals surface area contributed by atoms with Gasteiger partial charge in [-0.25, -0.2) is 9.07 Å². The molecule has 1 aromatic heterocycles. The number of rotatable bonds is 6. The highest BCUT2D eigenvalue weighted by Crippen LogP contribution is 2.17. The van der Waals surface area contributed by atoms with E-state index in [1.165, 1.54) is 16.8 Å². The van der Waals surface area contributed by atoms with E-state index in [0.29, 0.717) is 19.0 Å². The van der Waals surface area contributed by atoms with E-state index in [9.17, 15) is 9.18 Å². The molecule has 8 nitrogen and oxygen atoms in total. The Labute approximate surface area is 145 Å². The van der Waals surface area contributed by atoms with Crippen LogP contribution in [0.3, 0.4) is 0 Å². The number of carbonyl (C=O) groups is 1. The lowest BCUT2D eigenvalue weighted by molar-refractivity contribution is -0.144. The first-order valence-corrected chi connectivity index (χ1v) is 8.29. The monoisotopic (exact) mass is 348 g/mol. The van der Waals surface area contributed by atoms with E-state index in [-0.39, 0.29) is 18.3 Å². The maximum absolute atomic E-state index is 13.0. The molecule has 2 heterocycles. The molecule has 0 radical (unpaired) electrons. The molecule has 2 aromatic rings. The van der Waals surface area contributed by atoms with Gasteiger partial charge in [0.2, 0.25) is 0 Å². The molecule has 0 bridgehead atoms. The third-order valence-corrected chi connectivity index (χ3v) is 4.12. The Morgan fingerprint density at radius 1 is 1.20 bits per heavy atom. The van der Waals surface area contributed by atoms with E-state index in [0.717, 1.165) is 31.9 Å². The Morgan fingerprint density at radius 2 is 1.92 bits per heavy atom. The molecule has 25 heavy (non-hydrogen) atoms. The number of aromatic nitrogens is 4. The number of carbonyl (C=O) groups excluding carboxylic acids is 1.